The Hall–Kier alpha value is -1.95. The average molecular weight is 236 g/mol. The van der Waals surface area contributed by atoms with E-state index in [0.29, 0.717) is 11.3 Å². The number of aliphatic hydroxyl groups is 1. The van der Waals surface area contributed by atoms with Gasteiger partial charge in [0.15, 0.2) is 0 Å². The van der Waals surface area contributed by atoms with Crippen LogP contribution in [0.3, 0.4) is 0 Å². The van der Waals surface area contributed by atoms with Crippen LogP contribution in [-0.2, 0) is 4.79 Å². The lowest BCUT2D eigenvalue weighted by molar-refractivity contribution is -0.384. The minimum Gasteiger partial charge on any atom is -0.391 e. The molecule has 1 saturated heterocycles. The van der Waals surface area contributed by atoms with Gasteiger partial charge in [-0.2, -0.15) is 0 Å². The molecule has 0 aromatic heterocycles. The molecule has 1 aliphatic heterocycles. The van der Waals surface area contributed by atoms with Gasteiger partial charge in [0.25, 0.3) is 5.69 Å². The maximum atomic E-state index is 11.6. The van der Waals surface area contributed by atoms with Crippen LogP contribution in [0, 0.1) is 17.0 Å². The summed E-state index contributed by atoms with van der Waals surface area (Å²) in [4.78, 5) is 23.2. The highest BCUT2D eigenvalue weighted by atomic mass is 16.6. The van der Waals surface area contributed by atoms with Gasteiger partial charge in [0.2, 0.25) is 5.91 Å². The number of nitro benzene ring substituents is 1. The Morgan fingerprint density at radius 2 is 2.24 bits per heavy atom. The molecule has 2 rings (SSSR count). The number of aliphatic hydroxyl groups excluding tert-OH is 1. The quantitative estimate of drug-likeness (QED) is 0.613. The van der Waals surface area contributed by atoms with Crippen molar-refractivity contribution >= 4 is 17.3 Å². The van der Waals surface area contributed by atoms with Crippen LogP contribution in [0.1, 0.15) is 12.0 Å². The number of amides is 1. The molecular weight excluding hydrogens is 224 g/mol. The summed E-state index contributed by atoms with van der Waals surface area (Å²) >= 11 is 0. The number of rotatable bonds is 2. The van der Waals surface area contributed by atoms with Crippen molar-refractivity contribution in [3.8, 4) is 0 Å². The van der Waals surface area contributed by atoms with Gasteiger partial charge in [-0.1, -0.05) is 0 Å². The number of hydrogen-bond donors (Lipinski definition) is 1. The molecular formula is C11H12N2O4. The van der Waals surface area contributed by atoms with E-state index in [2.05, 4.69) is 0 Å². The molecule has 1 fully saturated rings. The highest BCUT2D eigenvalue weighted by Crippen LogP contribution is 2.28. The Kier molecular flexibility index (Phi) is 2.81. The van der Waals surface area contributed by atoms with Crippen LogP contribution in [0.25, 0.3) is 0 Å². The average Bonchev–Trinajstić information content (AvgIpc) is 2.57. The molecule has 1 aromatic rings. The van der Waals surface area contributed by atoms with E-state index in [9.17, 15) is 20.0 Å². The molecule has 1 aliphatic rings. The number of benzene rings is 1. The molecule has 6 nitrogen and oxygen atoms in total. The minimum atomic E-state index is -0.655. The van der Waals surface area contributed by atoms with Gasteiger partial charge in [0.05, 0.1) is 24.0 Å². The van der Waals surface area contributed by atoms with Crippen molar-refractivity contribution in [1.29, 1.82) is 0 Å². The summed E-state index contributed by atoms with van der Waals surface area (Å²) in [7, 11) is 0. The number of non-ortho nitro benzene ring substituents is 1. The zero-order valence-electron chi connectivity index (χ0n) is 9.29. The van der Waals surface area contributed by atoms with E-state index < -0.39 is 11.0 Å². The molecule has 1 atom stereocenters. The van der Waals surface area contributed by atoms with E-state index in [4.69, 9.17) is 0 Å². The van der Waals surface area contributed by atoms with Crippen LogP contribution in [0.2, 0.25) is 0 Å². The summed E-state index contributed by atoms with van der Waals surface area (Å²) < 4.78 is 0. The molecule has 6 heteroatoms. The molecule has 1 heterocycles. The molecule has 0 saturated carbocycles. The first-order valence-corrected chi connectivity index (χ1v) is 5.22. The van der Waals surface area contributed by atoms with E-state index in [1.165, 1.54) is 17.0 Å². The normalized spacial score (nSPS) is 19.8. The van der Waals surface area contributed by atoms with Crippen LogP contribution >= 0.6 is 0 Å². The zero-order chi connectivity index (χ0) is 12.6. The van der Waals surface area contributed by atoms with Crippen LogP contribution in [0.5, 0.6) is 0 Å². The molecule has 0 radical (unpaired) electrons. The lowest BCUT2D eigenvalue weighted by Crippen LogP contribution is -2.25. The second kappa shape index (κ2) is 4.14. The van der Waals surface area contributed by atoms with Crippen molar-refractivity contribution in [3.63, 3.8) is 0 Å². The van der Waals surface area contributed by atoms with E-state index >= 15 is 0 Å². The third-order valence-electron chi connectivity index (χ3n) is 2.79. The summed E-state index contributed by atoms with van der Waals surface area (Å²) in [5, 5.41) is 20.0. The smallest absolute Gasteiger partial charge is 0.269 e. The predicted octanol–water partition coefficient (Wildman–Crippen LogP) is 1.00. The summed E-state index contributed by atoms with van der Waals surface area (Å²) in [5.41, 5.74) is 1.28. The molecule has 90 valence electrons. The summed E-state index contributed by atoms with van der Waals surface area (Å²) in [6.45, 7) is 1.96. The number of carbonyl (C=O) groups excluding carboxylic acids is 1. The summed E-state index contributed by atoms with van der Waals surface area (Å²) in [5.74, 6) is -0.158. The third kappa shape index (κ3) is 2.12. The first kappa shape index (κ1) is 11.5. The first-order chi connectivity index (χ1) is 7.99. The highest BCUT2D eigenvalue weighted by molar-refractivity contribution is 5.96. The van der Waals surface area contributed by atoms with Crippen molar-refractivity contribution < 1.29 is 14.8 Å². The van der Waals surface area contributed by atoms with Crippen molar-refractivity contribution in [3.05, 3.63) is 33.9 Å². The Balaban J connectivity index is 2.34. The largest absolute Gasteiger partial charge is 0.391 e. The minimum absolute atomic E-state index is 0.00144. The maximum absolute atomic E-state index is 11.6. The van der Waals surface area contributed by atoms with E-state index in [1.807, 2.05) is 0 Å². The Morgan fingerprint density at radius 1 is 1.53 bits per heavy atom. The highest BCUT2D eigenvalue weighted by Gasteiger charge is 2.30. The van der Waals surface area contributed by atoms with Gasteiger partial charge < -0.3 is 10.0 Å². The fourth-order valence-electron chi connectivity index (χ4n) is 1.98. The van der Waals surface area contributed by atoms with E-state index in [1.54, 1.807) is 13.0 Å². The lowest BCUT2D eigenvalue weighted by Gasteiger charge is -2.18. The topological polar surface area (TPSA) is 83.7 Å². The fourth-order valence-corrected chi connectivity index (χ4v) is 1.98. The standard InChI is InChI=1S/C11H12N2O4/c1-7-4-8(13(16)17)2-3-10(7)12-6-9(14)5-11(12)15/h2-4,9,14H,5-6H2,1H3. The summed E-state index contributed by atoms with van der Waals surface area (Å²) in [6.07, 6.45) is -0.548. The second-order valence-electron chi connectivity index (χ2n) is 4.09. The zero-order valence-corrected chi connectivity index (χ0v) is 9.29. The molecule has 1 aromatic carbocycles. The number of carbonyl (C=O) groups is 1. The van der Waals surface area contributed by atoms with Gasteiger partial charge >= 0.3 is 0 Å². The molecule has 0 spiro atoms. The van der Waals surface area contributed by atoms with Gasteiger partial charge in [0.1, 0.15) is 0 Å². The van der Waals surface area contributed by atoms with Crippen LogP contribution in [0.4, 0.5) is 11.4 Å². The number of nitrogens with zero attached hydrogens (tertiary/aromatic N) is 2. The second-order valence-corrected chi connectivity index (χ2v) is 4.09. The van der Waals surface area contributed by atoms with Crippen molar-refractivity contribution in [2.75, 3.05) is 11.4 Å². The van der Waals surface area contributed by atoms with Gasteiger partial charge in [0, 0.05) is 17.8 Å². The summed E-state index contributed by atoms with van der Waals surface area (Å²) in [6, 6.07) is 4.33. The lowest BCUT2D eigenvalue weighted by atomic mass is 10.1. The maximum Gasteiger partial charge on any atom is 0.269 e. The van der Waals surface area contributed by atoms with Crippen molar-refractivity contribution in [2.24, 2.45) is 0 Å². The molecule has 0 aliphatic carbocycles. The number of hydrogen-bond acceptors (Lipinski definition) is 4. The Morgan fingerprint density at radius 3 is 2.71 bits per heavy atom. The van der Waals surface area contributed by atoms with Crippen LogP contribution < -0.4 is 4.90 Å². The Labute approximate surface area is 97.6 Å². The van der Waals surface area contributed by atoms with Gasteiger partial charge in [-0.05, 0) is 18.6 Å². The Bertz CT molecular complexity index is 486. The number of anilines is 1. The van der Waals surface area contributed by atoms with Crippen molar-refractivity contribution in [2.45, 2.75) is 19.4 Å². The third-order valence-corrected chi connectivity index (χ3v) is 2.79. The SMILES string of the molecule is Cc1cc([N+](=O)[O-])ccc1N1CC(O)CC1=O. The fraction of sp³-hybridized carbons (Fsp3) is 0.364. The predicted molar refractivity (Wildman–Crippen MR) is 60.8 cm³/mol. The molecule has 17 heavy (non-hydrogen) atoms. The van der Waals surface area contributed by atoms with Gasteiger partial charge in [-0.25, -0.2) is 0 Å². The van der Waals surface area contributed by atoms with Gasteiger partial charge in [-0.3, -0.25) is 14.9 Å². The van der Waals surface area contributed by atoms with E-state index in [-0.39, 0.29) is 24.6 Å². The number of aryl methyl sites for hydroxylation is 1. The molecule has 1 unspecified atom stereocenters. The van der Waals surface area contributed by atoms with Crippen LogP contribution in [0.15, 0.2) is 18.2 Å². The van der Waals surface area contributed by atoms with Gasteiger partial charge in [-0.15, -0.1) is 0 Å². The monoisotopic (exact) mass is 236 g/mol. The van der Waals surface area contributed by atoms with Crippen molar-refractivity contribution in [1.82, 2.24) is 0 Å². The molecule has 0 bridgehead atoms. The van der Waals surface area contributed by atoms with Crippen LogP contribution in [-0.4, -0.2) is 28.6 Å². The molecule has 1 N–H and O–H groups in total. The number of β-amino-alcohol motifs (C(OH)–C–C–N with tert-alkyl or cyclic N) is 1. The number of nitro groups is 1. The molecule has 1 amide bonds. The first-order valence-electron chi connectivity index (χ1n) is 5.22. The van der Waals surface area contributed by atoms with E-state index in [0.717, 1.165) is 0 Å².